The Hall–Kier alpha value is -3.74. The highest BCUT2D eigenvalue weighted by Crippen LogP contribution is 2.18. The highest BCUT2D eigenvalue weighted by atomic mass is 16.5. The summed E-state index contributed by atoms with van der Waals surface area (Å²) in [6.45, 7) is 6.08. The van der Waals surface area contributed by atoms with Crippen LogP contribution in [0.15, 0.2) is 65.6 Å². The molecule has 0 saturated carbocycles. The van der Waals surface area contributed by atoms with Gasteiger partial charge in [-0.05, 0) is 50.6 Å². The van der Waals surface area contributed by atoms with Crippen molar-refractivity contribution in [3.63, 3.8) is 0 Å². The number of para-hydroxylation sites is 2. The standard InChI is InChI=1S/C18H14N4O.C4H8O2/c1-12-6-2-4-8-14(12)19-16-10-11-22-17(23)13-7-3-5-9-15(13)20-18(22)21-16;1-4(2)6-3-5/h2-11H,1H3,(H,19,20,21);3-4H,1-2H3. The van der Waals surface area contributed by atoms with Crippen LogP contribution in [-0.2, 0) is 9.53 Å². The summed E-state index contributed by atoms with van der Waals surface area (Å²) in [5, 5.41) is 3.85. The Bertz CT molecular complexity index is 1200. The normalized spacial score (nSPS) is 10.5. The molecule has 0 aliphatic carbocycles. The van der Waals surface area contributed by atoms with Crippen molar-refractivity contribution in [2.24, 2.45) is 0 Å². The van der Waals surface area contributed by atoms with Gasteiger partial charge in [0.25, 0.3) is 12.0 Å². The van der Waals surface area contributed by atoms with E-state index in [4.69, 9.17) is 0 Å². The number of nitrogens with one attached hydrogen (secondary N) is 1. The van der Waals surface area contributed by atoms with Crippen molar-refractivity contribution in [3.05, 3.63) is 76.7 Å². The topological polar surface area (TPSA) is 85.6 Å². The Kier molecular flexibility index (Phi) is 6.19. The number of hydrogen-bond donors (Lipinski definition) is 1. The first kappa shape index (κ1) is 20.0. The molecule has 7 nitrogen and oxygen atoms in total. The van der Waals surface area contributed by atoms with Crippen molar-refractivity contribution < 1.29 is 9.53 Å². The second-order valence-electron chi connectivity index (χ2n) is 6.64. The highest BCUT2D eigenvalue weighted by Gasteiger charge is 2.07. The third-order valence-corrected chi connectivity index (χ3v) is 4.13. The van der Waals surface area contributed by atoms with Crippen LogP contribution in [0.2, 0.25) is 0 Å². The molecule has 0 atom stereocenters. The number of carbonyl (C=O) groups is 1. The SMILES string of the molecule is CC(C)OC=O.Cc1ccccc1Nc1ccn2c(=O)c3ccccc3nc2n1. The van der Waals surface area contributed by atoms with E-state index in [0.717, 1.165) is 11.3 Å². The summed E-state index contributed by atoms with van der Waals surface area (Å²) in [6.07, 6.45) is 1.73. The summed E-state index contributed by atoms with van der Waals surface area (Å²) < 4.78 is 5.82. The highest BCUT2D eigenvalue weighted by molar-refractivity contribution is 5.79. The maximum Gasteiger partial charge on any atom is 0.293 e. The molecule has 2 aromatic carbocycles. The number of carbonyl (C=O) groups excluding carboxylic acids is 1. The van der Waals surface area contributed by atoms with Gasteiger partial charge >= 0.3 is 0 Å². The second kappa shape index (κ2) is 8.97. The van der Waals surface area contributed by atoms with E-state index in [1.54, 1.807) is 32.2 Å². The third-order valence-electron chi connectivity index (χ3n) is 4.13. The molecule has 0 aliphatic rings. The smallest absolute Gasteiger partial charge is 0.293 e. The Morgan fingerprint density at radius 2 is 1.76 bits per heavy atom. The van der Waals surface area contributed by atoms with E-state index >= 15 is 0 Å². The maximum absolute atomic E-state index is 12.5. The monoisotopic (exact) mass is 390 g/mol. The Balaban J connectivity index is 0.000000353. The van der Waals surface area contributed by atoms with E-state index in [0.29, 0.717) is 29.0 Å². The van der Waals surface area contributed by atoms with Crippen LogP contribution in [0.3, 0.4) is 0 Å². The minimum atomic E-state index is -0.111. The predicted octanol–water partition coefficient (Wildman–Crippen LogP) is 3.86. The fourth-order valence-corrected chi connectivity index (χ4v) is 2.67. The largest absolute Gasteiger partial charge is 0.465 e. The molecule has 0 unspecified atom stereocenters. The fraction of sp³-hybridized carbons (Fsp3) is 0.182. The minimum absolute atomic E-state index is 0.0301. The van der Waals surface area contributed by atoms with Crippen molar-refractivity contribution in [3.8, 4) is 0 Å². The van der Waals surface area contributed by atoms with Crippen LogP contribution in [0.1, 0.15) is 19.4 Å². The molecule has 1 N–H and O–H groups in total. The molecule has 0 aliphatic heterocycles. The van der Waals surface area contributed by atoms with Gasteiger partial charge in [-0.1, -0.05) is 30.3 Å². The molecular formula is C22H22N4O3. The van der Waals surface area contributed by atoms with Gasteiger partial charge in [0.15, 0.2) is 0 Å². The molecule has 0 saturated heterocycles. The van der Waals surface area contributed by atoms with Crippen molar-refractivity contribution in [2.45, 2.75) is 26.9 Å². The number of anilines is 2. The van der Waals surface area contributed by atoms with Gasteiger partial charge in [-0.2, -0.15) is 4.98 Å². The summed E-state index contributed by atoms with van der Waals surface area (Å²) in [7, 11) is 0. The first-order chi connectivity index (χ1) is 14.0. The average Bonchev–Trinajstić information content (AvgIpc) is 2.70. The number of benzene rings is 2. The number of ether oxygens (including phenoxy) is 1. The molecule has 2 heterocycles. The zero-order valence-electron chi connectivity index (χ0n) is 16.5. The van der Waals surface area contributed by atoms with Crippen LogP contribution < -0.4 is 10.9 Å². The number of aryl methyl sites for hydroxylation is 1. The van der Waals surface area contributed by atoms with Crippen molar-refractivity contribution >= 4 is 34.7 Å². The van der Waals surface area contributed by atoms with Gasteiger partial charge in [-0.3, -0.25) is 14.0 Å². The lowest BCUT2D eigenvalue weighted by Gasteiger charge is -2.09. The minimum Gasteiger partial charge on any atom is -0.465 e. The van der Waals surface area contributed by atoms with Gasteiger partial charge in [-0.15, -0.1) is 0 Å². The van der Waals surface area contributed by atoms with Gasteiger partial charge in [0.2, 0.25) is 5.78 Å². The summed E-state index contributed by atoms with van der Waals surface area (Å²) >= 11 is 0. The zero-order valence-corrected chi connectivity index (χ0v) is 16.5. The molecule has 4 aromatic rings. The molecule has 0 bridgehead atoms. The van der Waals surface area contributed by atoms with Gasteiger partial charge < -0.3 is 10.1 Å². The second-order valence-corrected chi connectivity index (χ2v) is 6.64. The molecule has 7 heteroatoms. The van der Waals surface area contributed by atoms with Gasteiger partial charge in [0.1, 0.15) is 5.82 Å². The van der Waals surface area contributed by atoms with E-state index in [-0.39, 0.29) is 11.7 Å². The molecule has 29 heavy (non-hydrogen) atoms. The molecule has 0 fully saturated rings. The maximum atomic E-state index is 12.5. The van der Waals surface area contributed by atoms with Crippen LogP contribution in [-0.4, -0.2) is 26.9 Å². The number of nitrogens with zero attached hydrogens (tertiary/aromatic N) is 3. The quantitative estimate of drug-likeness (QED) is 0.421. The number of rotatable bonds is 4. The number of hydrogen-bond acceptors (Lipinski definition) is 6. The van der Waals surface area contributed by atoms with Gasteiger partial charge in [0.05, 0.1) is 17.0 Å². The summed E-state index contributed by atoms with van der Waals surface area (Å²) in [5.74, 6) is 1.04. The number of fused-ring (bicyclic) bond motifs is 2. The van der Waals surface area contributed by atoms with Crippen LogP contribution in [0.5, 0.6) is 0 Å². The third kappa shape index (κ3) is 4.76. The lowest BCUT2D eigenvalue weighted by Crippen LogP contribution is -2.16. The van der Waals surface area contributed by atoms with Crippen molar-refractivity contribution in [1.29, 1.82) is 0 Å². The average molecular weight is 390 g/mol. The predicted molar refractivity (Wildman–Crippen MR) is 114 cm³/mol. The molecule has 148 valence electrons. The molecule has 0 spiro atoms. The Morgan fingerprint density at radius 1 is 1.03 bits per heavy atom. The van der Waals surface area contributed by atoms with E-state index < -0.39 is 0 Å². The van der Waals surface area contributed by atoms with Crippen molar-refractivity contribution in [2.75, 3.05) is 5.32 Å². The first-order valence-corrected chi connectivity index (χ1v) is 9.19. The zero-order chi connectivity index (χ0) is 20.8. The lowest BCUT2D eigenvalue weighted by molar-refractivity contribution is -0.131. The van der Waals surface area contributed by atoms with Crippen molar-refractivity contribution in [1.82, 2.24) is 14.4 Å². The Morgan fingerprint density at radius 3 is 2.45 bits per heavy atom. The van der Waals surface area contributed by atoms with Crippen LogP contribution in [0, 0.1) is 6.92 Å². The van der Waals surface area contributed by atoms with E-state index in [9.17, 15) is 9.59 Å². The van der Waals surface area contributed by atoms with Crippen LogP contribution in [0.25, 0.3) is 16.7 Å². The molecule has 4 rings (SSSR count). The van der Waals surface area contributed by atoms with Gasteiger partial charge in [-0.25, -0.2) is 4.98 Å². The van der Waals surface area contributed by atoms with E-state index in [1.807, 2.05) is 49.4 Å². The first-order valence-electron chi connectivity index (χ1n) is 9.19. The fourth-order valence-electron chi connectivity index (χ4n) is 2.67. The van der Waals surface area contributed by atoms with Crippen LogP contribution in [0.4, 0.5) is 11.5 Å². The summed E-state index contributed by atoms with van der Waals surface area (Å²) in [5.41, 5.74) is 2.64. The summed E-state index contributed by atoms with van der Waals surface area (Å²) in [6, 6.07) is 17.0. The Labute approximate surface area is 168 Å². The van der Waals surface area contributed by atoms with E-state index in [2.05, 4.69) is 20.0 Å². The lowest BCUT2D eigenvalue weighted by atomic mass is 10.2. The molecule has 0 radical (unpaired) electrons. The molecule has 0 amide bonds. The molecular weight excluding hydrogens is 368 g/mol. The molecule has 2 aromatic heterocycles. The number of aromatic nitrogens is 3. The van der Waals surface area contributed by atoms with E-state index in [1.165, 1.54) is 4.40 Å². The van der Waals surface area contributed by atoms with Crippen LogP contribution >= 0.6 is 0 Å². The summed E-state index contributed by atoms with van der Waals surface area (Å²) in [4.78, 5) is 30.8. The van der Waals surface area contributed by atoms with Gasteiger partial charge in [0, 0.05) is 11.9 Å².